The lowest BCUT2D eigenvalue weighted by molar-refractivity contribution is 0.0951. The van der Waals surface area contributed by atoms with Gasteiger partial charge in [0.05, 0.1) is 11.8 Å². The lowest BCUT2D eigenvalue weighted by atomic mass is 10.1. The molecular weight excluding hydrogens is 407 g/mol. The summed E-state index contributed by atoms with van der Waals surface area (Å²) in [4.78, 5) is 16.6. The zero-order chi connectivity index (χ0) is 19.2. The van der Waals surface area contributed by atoms with E-state index < -0.39 is 0 Å². The molecule has 27 heavy (non-hydrogen) atoms. The average molecular weight is 422 g/mol. The Morgan fingerprint density at radius 3 is 2.56 bits per heavy atom. The summed E-state index contributed by atoms with van der Waals surface area (Å²) < 4.78 is 5.76. The number of carbonyl (C=O) groups excluding carboxylic acids is 1. The number of benzene rings is 2. The number of halogens is 3. The van der Waals surface area contributed by atoms with E-state index in [-0.39, 0.29) is 11.1 Å². The number of ether oxygens (including phenoxy) is 1. The van der Waals surface area contributed by atoms with Gasteiger partial charge in [0, 0.05) is 16.6 Å². The van der Waals surface area contributed by atoms with Gasteiger partial charge in [0.1, 0.15) is 10.9 Å². The van der Waals surface area contributed by atoms with Gasteiger partial charge in [-0.25, -0.2) is 4.98 Å². The van der Waals surface area contributed by atoms with E-state index in [1.807, 2.05) is 24.3 Å². The summed E-state index contributed by atoms with van der Waals surface area (Å²) in [5.74, 6) is 0.617. The molecule has 7 heteroatoms. The summed E-state index contributed by atoms with van der Waals surface area (Å²) in [6.07, 6.45) is 2.00. The zero-order valence-electron chi connectivity index (χ0n) is 14.1. The second-order valence-electron chi connectivity index (χ2n) is 5.66. The highest BCUT2D eigenvalue weighted by atomic mass is 35.5. The molecule has 0 aliphatic carbocycles. The highest BCUT2D eigenvalue weighted by Gasteiger charge is 2.15. The Balaban J connectivity index is 1.69. The fraction of sp³-hybridized carbons (Fsp3) is 0.100. The van der Waals surface area contributed by atoms with E-state index in [9.17, 15) is 4.79 Å². The molecule has 0 aliphatic heterocycles. The molecule has 0 atom stereocenters. The minimum atomic E-state index is -0.310. The van der Waals surface area contributed by atoms with Crippen LogP contribution in [-0.2, 0) is 6.42 Å². The Kier molecular flexibility index (Phi) is 6.56. The van der Waals surface area contributed by atoms with Crippen LogP contribution < -0.4 is 10.1 Å². The topological polar surface area (TPSA) is 51.2 Å². The number of para-hydroxylation sites is 1. The zero-order valence-corrected chi connectivity index (χ0v) is 16.4. The minimum Gasteiger partial charge on any atom is -0.455 e. The number of hydrogen-bond acceptors (Lipinski definition) is 3. The van der Waals surface area contributed by atoms with Crippen molar-refractivity contribution in [1.82, 2.24) is 10.3 Å². The van der Waals surface area contributed by atoms with Crippen molar-refractivity contribution in [1.29, 1.82) is 0 Å². The Bertz CT molecular complexity index is 949. The standard InChI is InChI=1S/C20H15Cl3N2O2/c21-14-7-6-13(17(22)10-14)8-9-24-20(26)16-11-19(23)25-12-18(16)27-15-4-2-1-3-5-15/h1-7,10-12H,8-9H2,(H,24,26). The number of amides is 1. The quantitative estimate of drug-likeness (QED) is 0.511. The summed E-state index contributed by atoms with van der Waals surface area (Å²) in [6.45, 7) is 0.394. The molecule has 1 N–H and O–H groups in total. The molecule has 0 aliphatic rings. The Hall–Kier alpha value is -2.27. The van der Waals surface area contributed by atoms with Crippen LogP contribution in [0.2, 0.25) is 15.2 Å². The van der Waals surface area contributed by atoms with E-state index in [0.29, 0.717) is 40.1 Å². The van der Waals surface area contributed by atoms with Crippen molar-refractivity contribution in [2.45, 2.75) is 6.42 Å². The fourth-order valence-electron chi connectivity index (χ4n) is 2.42. The van der Waals surface area contributed by atoms with Crippen LogP contribution in [-0.4, -0.2) is 17.4 Å². The monoisotopic (exact) mass is 420 g/mol. The first kappa shape index (κ1) is 19.5. The molecule has 1 heterocycles. The molecular formula is C20H15Cl3N2O2. The van der Waals surface area contributed by atoms with Crippen LogP contribution in [0.1, 0.15) is 15.9 Å². The average Bonchev–Trinajstić information content (AvgIpc) is 2.65. The third kappa shape index (κ3) is 5.36. The van der Waals surface area contributed by atoms with Gasteiger partial charge in [0.25, 0.3) is 5.91 Å². The van der Waals surface area contributed by atoms with Crippen LogP contribution in [0.5, 0.6) is 11.5 Å². The van der Waals surface area contributed by atoms with Crippen molar-refractivity contribution in [3.05, 3.63) is 87.1 Å². The van der Waals surface area contributed by atoms with Gasteiger partial charge in [-0.3, -0.25) is 4.79 Å². The van der Waals surface area contributed by atoms with Crippen molar-refractivity contribution >= 4 is 40.7 Å². The number of nitrogens with zero attached hydrogens (tertiary/aromatic N) is 1. The number of nitrogens with one attached hydrogen (secondary N) is 1. The maximum atomic E-state index is 12.6. The van der Waals surface area contributed by atoms with Gasteiger partial charge in [-0.05, 0) is 42.3 Å². The maximum absolute atomic E-state index is 12.6. The lowest BCUT2D eigenvalue weighted by Crippen LogP contribution is -2.26. The first-order valence-electron chi connectivity index (χ1n) is 8.13. The summed E-state index contributed by atoms with van der Waals surface area (Å²) in [5.41, 5.74) is 1.20. The second kappa shape index (κ2) is 9.09. The lowest BCUT2D eigenvalue weighted by Gasteiger charge is -2.12. The van der Waals surface area contributed by atoms with Gasteiger partial charge in [0.2, 0.25) is 0 Å². The van der Waals surface area contributed by atoms with Crippen LogP contribution in [0.3, 0.4) is 0 Å². The van der Waals surface area contributed by atoms with E-state index in [4.69, 9.17) is 39.5 Å². The Morgan fingerprint density at radius 2 is 1.81 bits per heavy atom. The predicted molar refractivity (Wildman–Crippen MR) is 108 cm³/mol. The third-order valence-electron chi connectivity index (χ3n) is 3.74. The fourth-order valence-corrected chi connectivity index (χ4v) is 3.08. The van der Waals surface area contributed by atoms with Crippen LogP contribution in [0.25, 0.3) is 0 Å². The molecule has 138 valence electrons. The van der Waals surface area contributed by atoms with E-state index in [1.165, 1.54) is 12.3 Å². The molecule has 1 aromatic heterocycles. The molecule has 2 aromatic carbocycles. The van der Waals surface area contributed by atoms with Crippen LogP contribution in [0, 0.1) is 0 Å². The van der Waals surface area contributed by atoms with Crippen LogP contribution in [0.15, 0.2) is 60.8 Å². The van der Waals surface area contributed by atoms with Crippen molar-refractivity contribution in [2.24, 2.45) is 0 Å². The summed E-state index contributed by atoms with van der Waals surface area (Å²) in [6, 6.07) is 15.9. The highest BCUT2D eigenvalue weighted by Crippen LogP contribution is 2.26. The Morgan fingerprint density at radius 1 is 1.04 bits per heavy atom. The SMILES string of the molecule is O=C(NCCc1ccc(Cl)cc1Cl)c1cc(Cl)ncc1Oc1ccccc1. The smallest absolute Gasteiger partial charge is 0.255 e. The van der Waals surface area contributed by atoms with Crippen LogP contribution in [0.4, 0.5) is 0 Å². The largest absolute Gasteiger partial charge is 0.455 e. The van der Waals surface area contributed by atoms with Gasteiger partial charge in [0.15, 0.2) is 5.75 Å². The molecule has 0 radical (unpaired) electrons. The number of rotatable bonds is 6. The molecule has 1 amide bonds. The number of hydrogen-bond donors (Lipinski definition) is 1. The van der Waals surface area contributed by atoms with Gasteiger partial charge < -0.3 is 10.1 Å². The van der Waals surface area contributed by atoms with Crippen molar-refractivity contribution < 1.29 is 9.53 Å². The second-order valence-corrected chi connectivity index (χ2v) is 6.89. The summed E-state index contributed by atoms with van der Waals surface area (Å²) in [5, 5.41) is 4.19. The summed E-state index contributed by atoms with van der Waals surface area (Å²) >= 11 is 18.0. The maximum Gasteiger partial charge on any atom is 0.255 e. The molecule has 4 nitrogen and oxygen atoms in total. The molecule has 3 rings (SSSR count). The molecule has 0 saturated carbocycles. The molecule has 0 saturated heterocycles. The normalized spacial score (nSPS) is 10.5. The van der Waals surface area contributed by atoms with E-state index in [2.05, 4.69) is 10.3 Å². The predicted octanol–water partition coefficient (Wildman–Crippen LogP) is 5.81. The van der Waals surface area contributed by atoms with E-state index in [1.54, 1.807) is 24.3 Å². The first-order chi connectivity index (χ1) is 13.0. The molecule has 3 aromatic rings. The summed E-state index contributed by atoms with van der Waals surface area (Å²) in [7, 11) is 0. The van der Waals surface area contributed by atoms with Crippen molar-refractivity contribution in [2.75, 3.05) is 6.54 Å². The van der Waals surface area contributed by atoms with Gasteiger partial charge in [-0.2, -0.15) is 0 Å². The van der Waals surface area contributed by atoms with Crippen molar-refractivity contribution in [3.63, 3.8) is 0 Å². The molecule has 0 bridgehead atoms. The number of pyridine rings is 1. The van der Waals surface area contributed by atoms with E-state index >= 15 is 0 Å². The highest BCUT2D eigenvalue weighted by molar-refractivity contribution is 6.35. The number of carbonyl (C=O) groups is 1. The number of aromatic nitrogens is 1. The van der Waals surface area contributed by atoms with Gasteiger partial charge >= 0.3 is 0 Å². The van der Waals surface area contributed by atoms with Gasteiger partial charge in [-0.15, -0.1) is 0 Å². The molecule has 0 unspecified atom stereocenters. The van der Waals surface area contributed by atoms with E-state index in [0.717, 1.165) is 5.56 Å². The van der Waals surface area contributed by atoms with Crippen molar-refractivity contribution in [3.8, 4) is 11.5 Å². The third-order valence-corrected chi connectivity index (χ3v) is 4.54. The first-order valence-corrected chi connectivity index (χ1v) is 9.27. The van der Waals surface area contributed by atoms with Crippen LogP contribution >= 0.6 is 34.8 Å². The van der Waals surface area contributed by atoms with Gasteiger partial charge in [-0.1, -0.05) is 59.1 Å². The molecule has 0 spiro atoms. The minimum absolute atomic E-state index is 0.210. The molecule has 0 fully saturated rings. The Labute approximate surface area is 172 Å².